The summed E-state index contributed by atoms with van der Waals surface area (Å²) in [5.74, 6) is 0.733. The van der Waals surface area contributed by atoms with Gasteiger partial charge in [0.15, 0.2) is 5.96 Å². The van der Waals surface area contributed by atoms with Crippen molar-refractivity contribution in [2.45, 2.75) is 13.5 Å². The van der Waals surface area contributed by atoms with Crippen molar-refractivity contribution in [2.75, 3.05) is 34.2 Å². The van der Waals surface area contributed by atoms with Crippen LogP contribution < -0.4 is 5.32 Å². The summed E-state index contributed by atoms with van der Waals surface area (Å²) >= 11 is 0. The fourth-order valence-electron chi connectivity index (χ4n) is 1.73. The van der Waals surface area contributed by atoms with E-state index in [4.69, 9.17) is 0 Å². The van der Waals surface area contributed by atoms with Crippen molar-refractivity contribution < 1.29 is 4.79 Å². The molecule has 0 aliphatic carbocycles. The second kappa shape index (κ2) is 7.57. The molecule has 20 heavy (non-hydrogen) atoms. The second-order valence-corrected chi connectivity index (χ2v) is 4.92. The van der Waals surface area contributed by atoms with Crippen LogP contribution in [-0.2, 0) is 18.4 Å². The molecule has 0 spiro atoms. The number of hydrogen-bond acceptors (Lipinski definition) is 2. The molecule has 1 aromatic rings. The molecule has 1 heterocycles. The normalized spacial score (nSPS) is 11.3. The van der Waals surface area contributed by atoms with Gasteiger partial charge in [-0.15, -0.1) is 0 Å². The van der Waals surface area contributed by atoms with E-state index in [1.165, 1.54) is 5.69 Å². The molecule has 1 amide bonds. The van der Waals surface area contributed by atoms with Gasteiger partial charge in [0, 0.05) is 46.6 Å². The van der Waals surface area contributed by atoms with E-state index in [0.29, 0.717) is 0 Å². The lowest BCUT2D eigenvalue weighted by atomic mass is 10.4. The molecule has 0 fully saturated rings. The molecule has 6 heteroatoms. The monoisotopic (exact) mass is 279 g/mol. The molecule has 112 valence electrons. The first kappa shape index (κ1) is 16.1. The lowest BCUT2D eigenvalue weighted by molar-refractivity contribution is -0.127. The van der Waals surface area contributed by atoms with Crippen LogP contribution in [0, 0.1) is 0 Å². The predicted octanol–water partition coefficient (Wildman–Crippen LogP) is 0.511. The molecule has 0 atom stereocenters. The average molecular weight is 279 g/mol. The molecule has 6 nitrogen and oxygen atoms in total. The lowest BCUT2D eigenvalue weighted by Crippen LogP contribution is -2.39. The Balaban J connectivity index is 2.71. The Labute approximate surface area is 121 Å². The molecule has 0 aliphatic heterocycles. The van der Waals surface area contributed by atoms with Gasteiger partial charge in [0.2, 0.25) is 5.91 Å². The van der Waals surface area contributed by atoms with Gasteiger partial charge < -0.3 is 19.7 Å². The van der Waals surface area contributed by atoms with E-state index in [0.717, 1.165) is 19.0 Å². The van der Waals surface area contributed by atoms with E-state index in [9.17, 15) is 4.79 Å². The smallest absolute Gasteiger partial charge is 0.243 e. The second-order valence-electron chi connectivity index (χ2n) is 4.92. The van der Waals surface area contributed by atoms with Crippen LogP contribution in [-0.4, -0.2) is 60.5 Å². The Morgan fingerprint density at radius 1 is 1.40 bits per heavy atom. The summed E-state index contributed by atoms with van der Waals surface area (Å²) in [5.41, 5.74) is 1.19. The molecule has 0 unspecified atom stereocenters. The number of guanidine groups is 1. The minimum absolute atomic E-state index is 0.00679. The Morgan fingerprint density at radius 3 is 2.60 bits per heavy atom. The van der Waals surface area contributed by atoms with Crippen LogP contribution in [0.3, 0.4) is 0 Å². The maximum atomic E-state index is 11.6. The zero-order valence-electron chi connectivity index (χ0n) is 13.1. The predicted molar refractivity (Wildman–Crippen MR) is 81.6 cm³/mol. The summed E-state index contributed by atoms with van der Waals surface area (Å²) in [6.07, 6.45) is 2.02. The number of aryl methyl sites for hydroxylation is 1. The molecule has 1 N–H and O–H groups in total. The van der Waals surface area contributed by atoms with Crippen LogP contribution in [0.5, 0.6) is 0 Å². The number of likely N-dealkylation sites (N-methyl/N-ethyl adjacent to an activating group) is 1. The molecule has 0 aliphatic rings. The number of amides is 1. The van der Waals surface area contributed by atoms with Crippen LogP contribution in [0.4, 0.5) is 0 Å². The first-order valence-corrected chi connectivity index (χ1v) is 6.75. The summed E-state index contributed by atoms with van der Waals surface area (Å²) < 4.78 is 2.07. The van der Waals surface area contributed by atoms with Crippen molar-refractivity contribution in [1.29, 1.82) is 0 Å². The molecule has 1 aromatic heterocycles. The van der Waals surface area contributed by atoms with Gasteiger partial charge >= 0.3 is 0 Å². The fraction of sp³-hybridized carbons (Fsp3) is 0.571. The molecule has 0 radical (unpaired) electrons. The standard InChI is InChI=1S/C14H25N5O/c1-6-15-14(16-10-13(20)17(2)3)19(5)11-12-8-7-9-18(12)4/h7-9H,6,10-11H2,1-5H3,(H,15,16). The number of nitrogens with one attached hydrogen (secondary N) is 1. The van der Waals surface area contributed by atoms with E-state index in [-0.39, 0.29) is 12.5 Å². The first-order valence-electron chi connectivity index (χ1n) is 6.75. The van der Waals surface area contributed by atoms with Crippen molar-refractivity contribution >= 4 is 11.9 Å². The average Bonchev–Trinajstić information content (AvgIpc) is 2.79. The van der Waals surface area contributed by atoms with E-state index in [1.807, 2.05) is 38.2 Å². The summed E-state index contributed by atoms with van der Waals surface area (Å²) in [5, 5.41) is 3.20. The van der Waals surface area contributed by atoms with Gasteiger partial charge in [0.05, 0.1) is 6.54 Å². The first-order chi connectivity index (χ1) is 9.45. The van der Waals surface area contributed by atoms with E-state index in [1.54, 1.807) is 19.0 Å². The molecule has 1 rings (SSSR count). The van der Waals surface area contributed by atoms with E-state index in [2.05, 4.69) is 20.9 Å². The minimum atomic E-state index is -0.00679. The van der Waals surface area contributed by atoms with Crippen LogP contribution in [0.15, 0.2) is 23.3 Å². The zero-order chi connectivity index (χ0) is 15.1. The van der Waals surface area contributed by atoms with Gasteiger partial charge in [-0.2, -0.15) is 0 Å². The van der Waals surface area contributed by atoms with Crippen molar-refractivity contribution in [2.24, 2.45) is 12.0 Å². The summed E-state index contributed by atoms with van der Waals surface area (Å²) in [6.45, 7) is 3.68. The van der Waals surface area contributed by atoms with Gasteiger partial charge in [0.1, 0.15) is 6.54 Å². The van der Waals surface area contributed by atoms with Crippen molar-refractivity contribution in [3.05, 3.63) is 24.0 Å². The van der Waals surface area contributed by atoms with Crippen molar-refractivity contribution in [1.82, 2.24) is 19.7 Å². The number of aliphatic imine (C=N–C) groups is 1. The topological polar surface area (TPSA) is 52.9 Å². The number of aromatic nitrogens is 1. The number of carbonyl (C=O) groups is 1. The Morgan fingerprint density at radius 2 is 2.10 bits per heavy atom. The Kier molecular flexibility index (Phi) is 6.09. The zero-order valence-corrected chi connectivity index (χ0v) is 13.1. The number of carbonyl (C=O) groups excluding carboxylic acids is 1. The molecule has 0 saturated heterocycles. The lowest BCUT2D eigenvalue weighted by Gasteiger charge is -2.22. The molecular formula is C14H25N5O. The third-order valence-corrected chi connectivity index (χ3v) is 3.01. The van der Waals surface area contributed by atoms with E-state index >= 15 is 0 Å². The van der Waals surface area contributed by atoms with Gasteiger partial charge in [-0.3, -0.25) is 4.79 Å². The quantitative estimate of drug-likeness (QED) is 0.631. The third kappa shape index (κ3) is 4.60. The molecule has 0 aromatic carbocycles. The van der Waals surface area contributed by atoms with Crippen LogP contribution >= 0.6 is 0 Å². The highest BCUT2D eigenvalue weighted by molar-refractivity contribution is 5.84. The van der Waals surface area contributed by atoms with Gasteiger partial charge in [-0.1, -0.05) is 0 Å². The van der Waals surface area contributed by atoms with Crippen molar-refractivity contribution in [3.63, 3.8) is 0 Å². The molecule has 0 bridgehead atoms. The fourth-order valence-corrected chi connectivity index (χ4v) is 1.73. The molecule has 0 saturated carbocycles. The third-order valence-electron chi connectivity index (χ3n) is 3.01. The summed E-state index contributed by atoms with van der Waals surface area (Å²) in [7, 11) is 7.45. The van der Waals surface area contributed by atoms with Gasteiger partial charge in [-0.05, 0) is 19.1 Å². The minimum Gasteiger partial charge on any atom is -0.357 e. The number of hydrogen-bond donors (Lipinski definition) is 1. The van der Waals surface area contributed by atoms with Crippen LogP contribution in [0.1, 0.15) is 12.6 Å². The van der Waals surface area contributed by atoms with E-state index < -0.39 is 0 Å². The summed E-state index contributed by atoms with van der Waals surface area (Å²) in [6, 6.07) is 4.09. The maximum absolute atomic E-state index is 11.6. The van der Waals surface area contributed by atoms with Crippen molar-refractivity contribution in [3.8, 4) is 0 Å². The Hall–Kier alpha value is -1.98. The van der Waals surface area contributed by atoms with Crippen LogP contribution in [0.2, 0.25) is 0 Å². The highest BCUT2D eigenvalue weighted by Gasteiger charge is 2.09. The highest BCUT2D eigenvalue weighted by Crippen LogP contribution is 2.03. The SMILES string of the molecule is CCNC(=NCC(=O)N(C)C)N(C)Cc1cccn1C. The van der Waals surface area contributed by atoms with Crippen LogP contribution in [0.25, 0.3) is 0 Å². The Bertz CT molecular complexity index is 464. The number of rotatable bonds is 5. The largest absolute Gasteiger partial charge is 0.357 e. The highest BCUT2D eigenvalue weighted by atomic mass is 16.2. The number of nitrogens with zero attached hydrogens (tertiary/aromatic N) is 4. The van der Waals surface area contributed by atoms with Gasteiger partial charge in [-0.25, -0.2) is 4.99 Å². The van der Waals surface area contributed by atoms with Gasteiger partial charge in [0.25, 0.3) is 0 Å². The summed E-state index contributed by atoms with van der Waals surface area (Å²) in [4.78, 5) is 19.6. The maximum Gasteiger partial charge on any atom is 0.243 e. The molecular weight excluding hydrogens is 254 g/mol.